The minimum Gasteiger partial charge on any atom is -0.435 e. The first-order chi connectivity index (χ1) is 25.3. The van der Waals surface area contributed by atoms with Gasteiger partial charge in [-0.1, -0.05) is 115 Å². The van der Waals surface area contributed by atoms with Crippen LogP contribution < -0.4 is 4.90 Å². The van der Waals surface area contributed by atoms with Crippen molar-refractivity contribution < 1.29 is 4.42 Å². The average molecular weight is 654 g/mol. The summed E-state index contributed by atoms with van der Waals surface area (Å²) in [6.45, 7) is 0. The summed E-state index contributed by atoms with van der Waals surface area (Å²) in [5.74, 6) is 0.621. The molecule has 240 valence electrons. The third-order valence-electron chi connectivity index (χ3n) is 9.80. The van der Waals surface area contributed by atoms with Crippen molar-refractivity contribution in [3.8, 4) is 28.3 Å². The van der Waals surface area contributed by atoms with E-state index in [9.17, 15) is 0 Å². The molecule has 4 heteroatoms. The SMILES string of the molecule is c1ccc(-c2ccc(N(c3ccc4ccc5nc(-c6ccccc6)oc5c4c3)c3cccc4c3c3ccccc3n4-c3ccccc3)cc2)cc1. The van der Waals surface area contributed by atoms with E-state index in [1.54, 1.807) is 0 Å². The number of rotatable bonds is 6. The van der Waals surface area contributed by atoms with Crippen LogP contribution in [-0.2, 0) is 0 Å². The maximum atomic E-state index is 6.53. The Morgan fingerprint density at radius 2 is 1.10 bits per heavy atom. The van der Waals surface area contributed by atoms with E-state index < -0.39 is 0 Å². The maximum absolute atomic E-state index is 6.53. The van der Waals surface area contributed by atoms with Crippen molar-refractivity contribution in [1.29, 1.82) is 0 Å². The van der Waals surface area contributed by atoms with Crippen LogP contribution in [0.15, 0.2) is 192 Å². The second kappa shape index (κ2) is 11.9. The van der Waals surface area contributed by atoms with E-state index in [-0.39, 0.29) is 0 Å². The molecule has 0 saturated carbocycles. The molecule has 0 aliphatic rings. The largest absolute Gasteiger partial charge is 0.435 e. The minimum absolute atomic E-state index is 0.621. The van der Waals surface area contributed by atoms with Gasteiger partial charge in [-0.05, 0) is 89.3 Å². The zero-order valence-electron chi connectivity index (χ0n) is 27.6. The summed E-state index contributed by atoms with van der Waals surface area (Å²) in [7, 11) is 0. The smallest absolute Gasteiger partial charge is 0.227 e. The van der Waals surface area contributed by atoms with Gasteiger partial charge >= 0.3 is 0 Å². The van der Waals surface area contributed by atoms with Crippen molar-refractivity contribution in [3.05, 3.63) is 188 Å². The monoisotopic (exact) mass is 653 g/mol. The van der Waals surface area contributed by atoms with Gasteiger partial charge in [0.15, 0.2) is 5.58 Å². The Balaban J connectivity index is 1.23. The molecule has 0 spiro atoms. The second-order valence-electron chi connectivity index (χ2n) is 12.8. The fraction of sp³-hybridized carbons (Fsp3) is 0. The topological polar surface area (TPSA) is 34.2 Å². The van der Waals surface area contributed by atoms with E-state index in [2.05, 4.69) is 161 Å². The summed E-state index contributed by atoms with van der Waals surface area (Å²) in [5, 5.41) is 4.50. The van der Waals surface area contributed by atoms with Gasteiger partial charge in [0, 0.05) is 38.8 Å². The Morgan fingerprint density at radius 3 is 1.88 bits per heavy atom. The van der Waals surface area contributed by atoms with Crippen LogP contribution in [-0.4, -0.2) is 9.55 Å². The van der Waals surface area contributed by atoms with E-state index >= 15 is 0 Å². The second-order valence-corrected chi connectivity index (χ2v) is 12.8. The molecule has 4 nitrogen and oxygen atoms in total. The van der Waals surface area contributed by atoms with E-state index in [4.69, 9.17) is 9.40 Å². The number of aromatic nitrogens is 2. The molecule has 2 aromatic heterocycles. The summed E-state index contributed by atoms with van der Waals surface area (Å²) in [6.07, 6.45) is 0. The number of nitrogens with zero attached hydrogens (tertiary/aromatic N) is 3. The Labute approximate surface area is 295 Å². The van der Waals surface area contributed by atoms with Crippen LogP contribution in [0.5, 0.6) is 0 Å². The first-order valence-corrected chi connectivity index (χ1v) is 17.2. The van der Waals surface area contributed by atoms with Gasteiger partial charge in [0.2, 0.25) is 5.89 Å². The summed E-state index contributed by atoms with van der Waals surface area (Å²) >= 11 is 0. The van der Waals surface area contributed by atoms with Crippen molar-refractivity contribution in [2.75, 3.05) is 4.90 Å². The molecule has 0 atom stereocenters. The van der Waals surface area contributed by atoms with Gasteiger partial charge in [0.25, 0.3) is 0 Å². The summed E-state index contributed by atoms with van der Waals surface area (Å²) < 4.78 is 8.89. The van der Waals surface area contributed by atoms with Crippen molar-refractivity contribution >= 4 is 60.7 Å². The predicted molar refractivity (Wildman–Crippen MR) is 211 cm³/mol. The maximum Gasteiger partial charge on any atom is 0.227 e. The lowest BCUT2D eigenvalue weighted by molar-refractivity contribution is 0.623. The molecule has 51 heavy (non-hydrogen) atoms. The lowest BCUT2D eigenvalue weighted by atomic mass is 10.0. The summed E-state index contributed by atoms with van der Waals surface area (Å²) in [4.78, 5) is 7.27. The number of benzene rings is 8. The molecule has 0 aliphatic carbocycles. The van der Waals surface area contributed by atoms with Crippen molar-refractivity contribution in [3.63, 3.8) is 0 Å². The standard InChI is InChI=1S/C47H31N3O/c1-4-13-32(14-5-1)33-23-27-37(28-24-33)49(38-29-25-34-26-30-41-46(40(34)31-38)51-47(48-41)35-15-6-2-7-16-35)43-21-12-22-44-45(43)39-19-10-11-20-42(39)50(44)36-17-8-3-9-18-36/h1-31H. The molecule has 2 heterocycles. The minimum atomic E-state index is 0.621. The Bertz CT molecular complexity index is 2840. The number of para-hydroxylation sites is 2. The Morgan fingerprint density at radius 1 is 0.471 bits per heavy atom. The molecule has 0 fully saturated rings. The van der Waals surface area contributed by atoms with Crippen LogP contribution in [0.25, 0.3) is 71.9 Å². The Hall–Kier alpha value is -6.91. The van der Waals surface area contributed by atoms with Gasteiger partial charge in [0.1, 0.15) is 5.52 Å². The molecule has 0 radical (unpaired) electrons. The number of anilines is 3. The molecule has 0 aliphatic heterocycles. The zero-order chi connectivity index (χ0) is 33.7. The van der Waals surface area contributed by atoms with E-state index in [0.717, 1.165) is 55.7 Å². The predicted octanol–water partition coefficient (Wildman–Crippen LogP) is 12.9. The highest BCUT2D eigenvalue weighted by Crippen LogP contribution is 2.45. The molecule has 10 aromatic rings. The normalized spacial score (nSPS) is 11.5. The third-order valence-corrected chi connectivity index (χ3v) is 9.80. The Kier molecular flexibility index (Phi) is 6.78. The lowest BCUT2D eigenvalue weighted by Gasteiger charge is -2.27. The van der Waals surface area contributed by atoms with Gasteiger partial charge in [-0.3, -0.25) is 0 Å². The van der Waals surface area contributed by atoms with Gasteiger partial charge < -0.3 is 13.9 Å². The molecular weight excluding hydrogens is 623 g/mol. The van der Waals surface area contributed by atoms with E-state index in [1.165, 1.54) is 27.4 Å². The summed E-state index contributed by atoms with van der Waals surface area (Å²) in [6, 6.07) is 66.3. The molecule has 0 saturated heterocycles. The molecule has 0 amide bonds. The van der Waals surface area contributed by atoms with Crippen molar-refractivity contribution in [2.24, 2.45) is 0 Å². The molecule has 0 unspecified atom stereocenters. The van der Waals surface area contributed by atoms with Gasteiger partial charge in [0.05, 0.1) is 16.7 Å². The van der Waals surface area contributed by atoms with Crippen LogP contribution in [0.1, 0.15) is 0 Å². The number of oxazole rings is 1. The van der Waals surface area contributed by atoms with Crippen LogP contribution in [0.4, 0.5) is 17.1 Å². The van der Waals surface area contributed by atoms with Gasteiger partial charge in [-0.2, -0.15) is 0 Å². The fourth-order valence-corrected chi connectivity index (χ4v) is 7.44. The number of hydrogen-bond acceptors (Lipinski definition) is 3. The number of hydrogen-bond donors (Lipinski definition) is 0. The third kappa shape index (κ3) is 4.88. The number of fused-ring (bicyclic) bond motifs is 6. The first kappa shape index (κ1) is 29.0. The first-order valence-electron chi connectivity index (χ1n) is 17.2. The van der Waals surface area contributed by atoms with Crippen molar-refractivity contribution in [1.82, 2.24) is 9.55 Å². The van der Waals surface area contributed by atoms with E-state index in [1.807, 2.05) is 36.4 Å². The van der Waals surface area contributed by atoms with Gasteiger partial charge in [-0.15, -0.1) is 0 Å². The average Bonchev–Trinajstić information content (AvgIpc) is 3.80. The molecular formula is C47H31N3O. The molecule has 10 rings (SSSR count). The van der Waals surface area contributed by atoms with Gasteiger partial charge in [-0.25, -0.2) is 4.98 Å². The van der Waals surface area contributed by atoms with E-state index in [0.29, 0.717) is 5.89 Å². The molecule has 0 N–H and O–H groups in total. The zero-order valence-corrected chi connectivity index (χ0v) is 27.6. The lowest BCUT2D eigenvalue weighted by Crippen LogP contribution is -2.10. The molecule has 8 aromatic carbocycles. The highest BCUT2D eigenvalue weighted by Gasteiger charge is 2.22. The van der Waals surface area contributed by atoms with Crippen LogP contribution >= 0.6 is 0 Å². The summed E-state index contributed by atoms with van der Waals surface area (Å²) in [5.41, 5.74) is 11.6. The van der Waals surface area contributed by atoms with Crippen LogP contribution in [0.2, 0.25) is 0 Å². The highest BCUT2D eigenvalue weighted by molar-refractivity contribution is 6.17. The van der Waals surface area contributed by atoms with Crippen LogP contribution in [0, 0.1) is 0 Å². The fourth-order valence-electron chi connectivity index (χ4n) is 7.44. The van der Waals surface area contributed by atoms with Crippen molar-refractivity contribution in [2.45, 2.75) is 0 Å². The molecule has 0 bridgehead atoms. The highest BCUT2D eigenvalue weighted by atomic mass is 16.3. The quantitative estimate of drug-likeness (QED) is 0.179. The van der Waals surface area contributed by atoms with Crippen LogP contribution in [0.3, 0.4) is 0 Å².